The molecule has 1 aliphatic rings. The summed E-state index contributed by atoms with van der Waals surface area (Å²) in [6.45, 7) is 0.741. The first-order valence-electron chi connectivity index (χ1n) is 4.38. The van der Waals surface area contributed by atoms with Gasteiger partial charge in [0, 0.05) is 11.1 Å². The van der Waals surface area contributed by atoms with E-state index in [-0.39, 0.29) is 0 Å². The highest BCUT2D eigenvalue weighted by atomic mass is 35.5. The molecular weight excluding hydrogens is 186 g/mol. The van der Waals surface area contributed by atoms with Crippen LogP contribution in [0.3, 0.4) is 0 Å². The van der Waals surface area contributed by atoms with E-state index in [1.54, 1.807) is 0 Å². The van der Waals surface area contributed by atoms with Crippen molar-refractivity contribution < 1.29 is 4.74 Å². The second-order valence-corrected chi connectivity index (χ2v) is 3.69. The van der Waals surface area contributed by atoms with Crippen molar-refractivity contribution in [3.8, 4) is 5.75 Å². The first-order valence-corrected chi connectivity index (χ1v) is 4.76. The maximum absolute atomic E-state index is 5.89. The number of ether oxygens (including phenoxy) is 1. The molecule has 1 N–H and O–H groups in total. The summed E-state index contributed by atoms with van der Waals surface area (Å²) in [6.07, 6.45) is 0.992. The summed E-state index contributed by atoms with van der Waals surface area (Å²) in [5, 5.41) is 3.97. The van der Waals surface area contributed by atoms with Crippen LogP contribution in [-0.2, 0) is 6.42 Å². The van der Waals surface area contributed by atoms with Crippen LogP contribution < -0.4 is 10.1 Å². The van der Waals surface area contributed by atoms with Gasteiger partial charge < -0.3 is 10.1 Å². The van der Waals surface area contributed by atoms with Gasteiger partial charge in [-0.2, -0.15) is 0 Å². The van der Waals surface area contributed by atoms with E-state index in [0.717, 1.165) is 23.8 Å². The lowest BCUT2D eigenvalue weighted by Crippen LogP contribution is -2.36. The predicted molar refractivity (Wildman–Crippen MR) is 53.5 cm³/mol. The summed E-state index contributed by atoms with van der Waals surface area (Å²) in [6, 6.07) is 6.18. The van der Waals surface area contributed by atoms with Gasteiger partial charge in [0.15, 0.2) is 0 Å². The molecule has 0 unspecified atom stereocenters. The molecule has 13 heavy (non-hydrogen) atoms. The Labute approximate surface area is 82.9 Å². The van der Waals surface area contributed by atoms with Gasteiger partial charge in [-0.3, -0.25) is 0 Å². The molecule has 0 saturated carbocycles. The SMILES string of the molecule is CN[C@@H]1COc2ccc(Cl)cc2C1. The van der Waals surface area contributed by atoms with Crippen LogP contribution in [0.4, 0.5) is 0 Å². The lowest BCUT2D eigenvalue weighted by molar-refractivity contribution is 0.245. The minimum atomic E-state index is 0.408. The molecule has 3 heteroatoms. The van der Waals surface area contributed by atoms with Crippen LogP contribution in [0.2, 0.25) is 5.02 Å². The van der Waals surface area contributed by atoms with Gasteiger partial charge in [0.25, 0.3) is 0 Å². The standard InChI is InChI=1S/C10H12ClNO/c1-12-9-5-7-4-8(11)2-3-10(7)13-6-9/h2-4,9,12H,5-6H2,1H3/t9-/m0/s1. The lowest BCUT2D eigenvalue weighted by atomic mass is 10.0. The largest absolute Gasteiger partial charge is 0.492 e. The Kier molecular flexibility index (Phi) is 2.42. The van der Waals surface area contributed by atoms with Crippen LogP contribution in [0.15, 0.2) is 18.2 Å². The molecule has 0 saturated heterocycles. The fourth-order valence-electron chi connectivity index (χ4n) is 1.55. The van der Waals surface area contributed by atoms with Crippen LogP contribution in [0.5, 0.6) is 5.75 Å². The minimum Gasteiger partial charge on any atom is -0.492 e. The molecule has 2 rings (SSSR count). The van der Waals surface area contributed by atoms with Gasteiger partial charge in [-0.15, -0.1) is 0 Å². The zero-order valence-electron chi connectivity index (χ0n) is 7.51. The van der Waals surface area contributed by atoms with E-state index in [4.69, 9.17) is 16.3 Å². The first kappa shape index (κ1) is 8.85. The van der Waals surface area contributed by atoms with Gasteiger partial charge in [0.2, 0.25) is 0 Å². The summed E-state index contributed by atoms with van der Waals surface area (Å²) in [5.74, 6) is 0.968. The molecule has 1 heterocycles. The molecule has 1 aromatic rings. The van der Waals surface area contributed by atoms with Crippen molar-refractivity contribution in [3.05, 3.63) is 28.8 Å². The third kappa shape index (κ3) is 1.79. The van der Waals surface area contributed by atoms with Gasteiger partial charge in [-0.05, 0) is 37.2 Å². The first-order chi connectivity index (χ1) is 6.29. The van der Waals surface area contributed by atoms with Crippen LogP contribution >= 0.6 is 11.6 Å². The number of fused-ring (bicyclic) bond motifs is 1. The molecule has 0 aliphatic carbocycles. The van der Waals surface area contributed by atoms with Gasteiger partial charge in [-0.25, -0.2) is 0 Å². The second-order valence-electron chi connectivity index (χ2n) is 3.25. The van der Waals surface area contributed by atoms with Crippen LogP contribution in [0, 0.1) is 0 Å². The van der Waals surface area contributed by atoms with Crippen molar-refractivity contribution in [2.75, 3.05) is 13.7 Å². The quantitative estimate of drug-likeness (QED) is 0.742. The average Bonchev–Trinajstić information content (AvgIpc) is 2.16. The Balaban J connectivity index is 2.27. The van der Waals surface area contributed by atoms with Crippen molar-refractivity contribution in [2.45, 2.75) is 12.5 Å². The molecular formula is C10H12ClNO. The third-order valence-electron chi connectivity index (χ3n) is 2.34. The number of nitrogens with one attached hydrogen (secondary N) is 1. The number of likely N-dealkylation sites (N-methyl/N-ethyl adjacent to an activating group) is 1. The minimum absolute atomic E-state index is 0.408. The summed E-state index contributed by atoms with van der Waals surface area (Å²) < 4.78 is 5.56. The van der Waals surface area contributed by atoms with E-state index in [2.05, 4.69) is 5.32 Å². The molecule has 1 aromatic carbocycles. The lowest BCUT2D eigenvalue weighted by Gasteiger charge is -2.24. The van der Waals surface area contributed by atoms with E-state index in [1.165, 1.54) is 5.56 Å². The Morgan fingerprint density at radius 1 is 1.54 bits per heavy atom. The van der Waals surface area contributed by atoms with Gasteiger partial charge in [0.05, 0.1) is 0 Å². The van der Waals surface area contributed by atoms with Crippen LogP contribution in [0.1, 0.15) is 5.56 Å². The van der Waals surface area contributed by atoms with Crippen molar-refractivity contribution >= 4 is 11.6 Å². The van der Waals surface area contributed by atoms with Gasteiger partial charge in [0.1, 0.15) is 12.4 Å². The number of benzene rings is 1. The molecule has 1 aliphatic heterocycles. The Morgan fingerprint density at radius 3 is 3.15 bits per heavy atom. The molecule has 1 atom stereocenters. The van der Waals surface area contributed by atoms with Crippen LogP contribution in [-0.4, -0.2) is 19.7 Å². The second kappa shape index (κ2) is 3.56. The summed E-state index contributed by atoms with van der Waals surface area (Å²) in [4.78, 5) is 0. The van der Waals surface area contributed by atoms with E-state index in [1.807, 2.05) is 25.2 Å². The Morgan fingerprint density at radius 2 is 2.38 bits per heavy atom. The topological polar surface area (TPSA) is 21.3 Å². The molecule has 0 spiro atoms. The smallest absolute Gasteiger partial charge is 0.122 e. The van der Waals surface area contributed by atoms with Gasteiger partial charge in [-0.1, -0.05) is 11.6 Å². The fraction of sp³-hybridized carbons (Fsp3) is 0.400. The van der Waals surface area contributed by atoms with E-state index < -0.39 is 0 Å². The summed E-state index contributed by atoms with van der Waals surface area (Å²) in [7, 11) is 1.95. The van der Waals surface area contributed by atoms with Crippen molar-refractivity contribution in [3.63, 3.8) is 0 Å². The third-order valence-corrected chi connectivity index (χ3v) is 2.57. The van der Waals surface area contributed by atoms with Crippen LogP contribution in [0.25, 0.3) is 0 Å². The highest BCUT2D eigenvalue weighted by Crippen LogP contribution is 2.27. The van der Waals surface area contributed by atoms with Crippen molar-refractivity contribution in [1.29, 1.82) is 0 Å². The summed E-state index contributed by atoms with van der Waals surface area (Å²) >= 11 is 5.89. The normalized spacial score (nSPS) is 20.6. The maximum Gasteiger partial charge on any atom is 0.122 e. The highest BCUT2D eigenvalue weighted by Gasteiger charge is 2.17. The Bertz CT molecular complexity index is 314. The number of hydrogen-bond acceptors (Lipinski definition) is 2. The fourth-order valence-corrected chi connectivity index (χ4v) is 1.74. The maximum atomic E-state index is 5.89. The van der Waals surface area contributed by atoms with E-state index >= 15 is 0 Å². The number of halogens is 1. The van der Waals surface area contributed by atoms with Gasteiger partial charge >= 0.3 is 0 Å². The monoisotopic (exact) mass is 197 g/mol. The van der Waals surface area contributed by atoms with E-state index in [9.17, 15) is 0 Å². The zero-order chi connectivity index (χ0) is 9.26. The molecule has 0 aromatic heterocycles. The number of hydrogen-bond donors (Lipinski definition) is 1. The molecule has 0 radical (unpaired) electrons. The van der Waals surface area contributed by atoms with E-state index in [0.29, 0.717) is 6.04 Å². The molecule has 2 nitrogen and oxygen atoms in total. The highest BCUT2D eigenvalue weighted by molar-refractivity contribution is 6.30. The molecule has 0 amide bonds. The Hall–Kier alpha value is -0.730. The summed E-state index contributed by atoms with van der Waals surface area (Å²) in [5.41, 5.74) is 1.19. The molecule has 0 fully saturated rings. The van der Waals surface area contributed by atoms with Crippen molar-refractivity contribution in [1.82, 2.24) is 5.32 Å². The predicted octanol–water partition coefficient (Wildman–Crippen LogP) is 1.86. The zero-order valence-corrected chi connectivity index (χ0v) is 8.27. The average molecular weight is 198 g/mol. The number of rotatable bonds is 1. The van der Waals surface area contributed by atoms with Crippen molar-refractivity contribution in [2.24, 2.45) is 0 Å². The molecule has 0 bridgehead atoms. The molecule has 70 valence electrons.